The Balaban J connectivity index is 1.98. The quantitative estimate of drug-likeness (QED) is 0.918. The van der Waals surface area contributed by atoms with Crippen LogP contribution in [0.2, 0.25) is 0 Å². The average Bonchev–Trinajstić information content (AvgIpc) is 2.93. The first-order valence-electron chi connectivity index (χ1n) is 7.02. The summed E-state index contributed by atoms with van der Waals surface area (Å²) in [7, 11) is 0. The van der Waals surface area contributed by atoms with Crippen LogP contribution in [0.1, 0.15) is 32.2 Å². The standard InChI is InChI=1S/C15H16F3N3O3/c1-14(2,3)23-13(22)19-8-9-4-6-10(7-5-9)11-20-12(24-21-11)15(16,17)18/h4-7H,8H2,1-3H3,(H,19,22). The molecule has 0 aliphatic rings. The van der Waals surface area contributed by atoms with Crippen LogP contribution >= 0.6 is 0 Å². The highest BCUT2D eigenvalue weighted by atomic mass is 19.4. The number of hydrogen-bond donors (Lipinski definition) is 1. The van der Waals surface area contributed by atoms with Gasteiger partial charge in [-0.1, -0.05) is 29.4 Å². The lowest BCUT2D eigenvalue weighted by molar-refractivity contribution is -0.159. The highest BCUT2D eigenvalue weighted by molar-refractivity contribution is 5.67. The number of amides is 1. The number of aromatic nitrogens is 2. The molecule has 0 spiro atoms. The Morgan fingerprint density at radius 2 is 1.83 bits per heavy atom. The van der Waals surface area contributed by atoms with Crippen molar-refractivity contribution in [1.29, 1.82) is 0 Å². The Bertz CT molecular complexity index is 703. The van der Waals surface area contributed by atoms with E-state index in [9.17, 15) is 18.0 Å². The largest absolute Gasteiger partial charge is 0.471 e. The third-order valence-electron chi connectivity index (χ3n) is 2.72. The maximum absolute atomic E-state index is 12.4. The molecule has 0 fully saturated rings. The summed E-state index contributed by atoms with van der Waals surface area (Å²) in [5.41, 5.74) is 0.516. The minimum absolute atomic E-state index is 0.158. The van der Waals surface area contributed by atoms with Gasteiger partial charge in [0.25, 0.3) is 0 Å². The fourth-order valence-corrected chi connectivity index (χ4v) is 1.72. The van der Waals surface area contributed by atoms with E-state index < -0.39 is 23.8 Å². The maximum atomic E-state index is 12.4. The van der Waals surface area contributed by atoms with E-state index in [0.29, 0.717) is 5.56 Å². The number of nitrogens with zero attached hydrogens (tertiary/aromatic N) is 2. The molecule has 9 heteroatoms. The van der Waals surface area contributed by atoms with Crippen LogP contribution in [0.5, 0.6) is 0 Å². The van der Waals surface area contributed by atoms with Gasteiger partial charge in [-0.3, -0.25) is 0 Å². The van der Waals surface area contributed by atoms with E-state index in [1.165, 1.54) is 12.1 Å². The van der Waals surface area contributed by atoms with Crippen LogP contribution in [0.25, 0.3) is 11.4 Å². The number of alkyl carbamates (subject to hydrolysis) is 1. The highest BCUT2D eigenvalue weighted by Gasteiger charge is 2.38. The first kappa shape index (κ1) is 17.8. The van der Waals surface area contributed by atoms with Crippen molar-refractivity contribution in [1.82, 2.24) is 15.5 Å². The molecular weight excluding hydrogens is 327 g/mol. The minimum Gasteiger partial charge on any atom is -0.444 e. The Kier molecular flexibility index (Phi) is 4.81. The number of nitrogens with one attached hydrogen (secondary N) is 1. The predicted molar refractivity (Wildman–Crippen MR) is 77.8 cm³/mol. The molecule has 0 aliphatic heterocycles. The molecule has 0 saturated carbocycles. The summed E-state index contributed by atoms with van der Waals surface area (Å²) in [5, 5.41) is 5.88. The van der Waals surface area contributed by atoms with Gasteiger partial charge < -0.3 is 14.6 Å². The lowest BCUT2D eigenvalue weighted by Crippen LogP contribution is -2.32. The van der Waals surface area contributed by atoms with E-state index in [0.717, 1.165) is 5.56 Å². The number of ether oxygens (including phenoxy) is 1. The molecule has 0 radical (unpaired) electrons. The van der Waals surface area contributed by atoms with Crippen LogP contribution in [0.3, 0.4) is 0 Å². The van der Waals surface area contributed by atoms with Crippen molar-refractivity contribution in [3.63, 3.8) is 0 Å². The van der Waals surface area contributed by atoms with Crippen molar-refractivity contribution in [2.24, 2.45) is 0 Å². The Morgan fingerprint density at radius 1 is 1.21 bits per heavy atom. The van der Waals surface area contributed by atoms with E-state index in [2.05, 4.69) is 20.0 Å². The molecule has 2 aromatic rings. The Morgan fingerprint density at radius 3 is 2.33 bits per heavy atom. The zero-order valence-corrected chi connectivity index (χ0v) is 13.3. The van der Waals surface area contributed by atoms with E-state index in [4.69, 9.17) is 4.74 Å². The first-order chi connectivity index (χ1) is 11.0. The summed E-state index contributed by atoms with van der Waals surface area (Å²) in [5.74, 6) is -1.55. The third kappa shape index (κ3) is 4.97. The van der Waals surface area contributed by atoms with Crippen molar-refractivity contribution in [3.05, 3.63) is 35.7 Å². The molecule has 24 heavy (non-hydrogen) atoms. The van der Waals surface area contributed by atoms with Crippen LogP contribution < -0.4 is 5.32 Å². The average molecular weight is 343 g/mol. The molecule has 0 atom stereocenters. The van der Waals surface area contributed by atoms with E-state index in [-0.39, 0.29) is 12.4 Å². The number of halogens is 3. The molecule has 1 N–H and O–H groups in total. The topological polar surface area (TPSA) is 77.2 Å². The molecule has 1 aromatic carbocycles. The molecule has 0 saturated heterocycles. The van der Waals surface area contributed by atoms with Gasteiger partial charge >= 0.3 is 18.2 Å². The third-order valence-corrected chi connectivity index (χ3v) is 2.72. The summed E-state index contributed by atoms with van der Waals surface area (Å²) in [4.78, 5) is 14.8. The molecule has 0 bridgehead atoms. The van der Waals surface area contributed by atoms with Crippen LogP contribution in [0.4, 0.5) is 18.0 Å². The van der Waals surface area contributed by atoms with Gasteiger partial charge in [0, 0.05) is 12.1 Å². The molecule has 1 heterocycles. The normalized spacial score (nSPS) is 12.1. The van der Waals surface area contributed by atoms with Gasteiger partial charge in [0.05, 0.1) is 0 Å². The molecule has 6 nitrogen and oxygen atoms in total. The van der Waals surface area contributed by atoms with Gasteiger partial charge in [-0.25, -0.2) is 4.79 Å². The second-order valence-corrected chi connectivity index (χ2v) is 5.97. The highest BCUT2D eigenvalue weighted by Crippen LogP contribution is 2.29. The number of alkyl halides is 3. The monoisotopic (exact) mass is 343 g/mol. The fourth-order valence-electron chi connectivity index (χ4n) is 1.72. The zero-order valence-electron chi connectivity index (χ0n) is 13.3. The van der Waals surface area contributed by atoms with Crippen LogP contribution in [-0.2, 0) is 17.5 Å². The summed E-state index contributed by atoms with van der Waals surface area (Å²) in [6.07, 6.45) is -5.23. The Hall–Kier alpha value is -2.58. The van der Waals surface area contributed by atoms with E-state index in [1.54, 1.807) is 32.9 Å². The molecular formula is C15H16F3N3O3. The predicted octanol–water partition coefficient (Wildman–Crippen LogP) is 3.78. The molecule has 1 amide bonds. The smallest absolute Gasteiger partial charge is 0.444 e. The second kappa shape index (κ2) is 6.50. The van der Waals surface area contributed by atoms with Crippen molar-refractivity contribution in [2.45, 2.75) is 39.1 Å². The number of rotatable bonds is 3. The van der Waals surface area contributed by atoms with Gasteiger partial charge in [-0.2, -0.15) is 18.2 Å². The van der Waals surface area contributed by atoms with E-state index >= 15 is 0 Å². The number of hydrogen-bond acceptors (Lipinski definition) is 5. The molecule has 0 aliphatic carbocycles. The summed E-state index contributed by atoms with van der Waals surface area (Å²) >= 11 is 0. The zero-order chi connectivity index (χ0) is 18.0. The van der Waals surface area contributed by atoms with Crippen LogP contribution in [-0.4, -0.2) is 21.8 Å². The molecule has 130 valence electrons. The number of benzene rings is 1. The SMILES string of the molecule is CC(C)(C)OC(=O)NCc1ccc(-c2noc(C(F)(F)F)n2)cc1. The molecule has 0 unspecified atom stereocenters. The van der Waals surface area contributed by atoms with Gasteiger partial charge in [0.2, 0.25) is 5.82 Å². The van der Waals surface area contributed by atoms with Crippen LogP contribution in [0.15, 0.2) is 28.8 Å². The van der Waals surface area contributed by atoms with Gasteiger partial charge in [0.15, 0.2) is 0 Å². The minimum atomic E-state index is -4.68. The summed E-state index contributed by atoms with van der Waals surface area (Å²) in [6.45, 7) is 5.47. The van der Waals surface area contributed by atoms with Gasteiger partial charge in [-0.15, -0.1) is 0 Å². The maximum Gasteiger partial charge on any atom is 0.471 e. The van der Waals surface area contributed by atoms with Crippen molar-refractivity contribution in [3.8, 4) is 11.4 Å². The lowest BCUT2D eigenvalue weighted by atomic mass is 10.1. The van der Waals surface area contributed by atoms with E-state index in [1.807, 2.05) is 0 Å². The van der Waals surface area contributed by atoms with Gasteiger partial charge in [-0.05, 0) is 26.3 Å². The Labute approximate surface area is 136 Å². The van der Waals surface area contributed by atoms with Crippen molar-refractivity contribution in [2.75, 3.05) is 0 Å². The lowest BCUT2D eigenvalue weighted by Gasteiger charge is -2.19. The van der Waals surface area contributed by atoms with Crippen molar-refractivity contribution >= 4 is 6.09 Å². The number of carbonyl (C=O) groups excluding carboxylic acids is 1. The second-order valence-electron chi connectivity index (χ2n) is 5.97. The fraction of sp³-hybridized carbons (Fsp3) is 0.400. The molecule has 1 aromatic heterocycles. The van der Waals surface area contributed by atoms with Crippen LogP contribution in [0, 0.1) is 0 Å². The van der Waals surface area contributed by atoms with Crippen molar-refractivity contribution < 1.29 is 27.2 Å². The van der Waals surface area contributed by atoms with Gasteiger partial charge in [0.1, 0.15) is 5.60 Å². The summed E-state index contributed by atoms with van der Waals surface area (Å²) < 4.78 is 46.6. The first-order valence-corrected chi connectivity index (χ1v) is 7.02. The summed E-state index contributed by atoms with van der Waals surface area (Å²) in [6, 6.07) is 6.35. The number of carbonyl (C=O) groups is 1. The molecule has 2 rings (SSSR count).